The van der Waals surface area contributed by atoms with Gasteiger partial charge in [0.1, 0.15) is 17.2 Å². The normalized spacial score (nSPS) is 13.1. The molecule has 2 N–H and O–H groups in total. The number of pyridine rings is 1. The monoisotopic (exact) mass is 521 g/mol. The summed E-state index contributed by atoms with van der Waals surface area (Å²) in [5, 5.41) is 6.40. The van der Waals surface area contributed by atoms with Gasteiger partial charge in [0.2, 0.25) is 0 Å². The minimum atomic E-state index is -0.350. The fourth-order valence-corrected chi connectivity index (χ4v) is 4.79. The van der Waals surface area contributed by atoms with Crippen LogP contribution in [0, 0.1) is 6.57 Å². The molecule has 198 valence electrons. The number of rotatable bonds is 9. The van der Waals surface area contributed by atoms with Gasteiger partial charge in [0.05, 0.1) is 19.2 Å². The summed E-state index contributed by atoms with van der Waals surface area (Å²) in [5.74, 6) is 1.96. The molecule has 8 heteroatoms. The summed E-state index contributed by atoms with van der Waals surface area (Å²) in [6.07, 6.45) is 6.19. The standard InChI is InChI=1S/C31H31N5O3/c1-32-28-21-27-29(20-22(28)6-5-19-36-17-3-4-18-36)33-16-15-30(27)39-26-13-9-24(10-14-26)35-31(37)34-23-7-11-25(38-2)12-8-23/h7-16,20-21H,3-6,17-19H2,2H3,(H2,34,35,37). The van der Waals surface area contributed by atoms with Crippen molar-refractivity contribution in [3.8, 4) is 17.2 Å². The predicted octanol–water partition coefficient (Wildman–Crippen LogP) is 7.26. The molecule has 2 heterocycles. The summed E-state index contributed by atoms with van der Waals surface area (Å²) < 4.78 is 11.3. The van der Waals surface area contributed by atoms with E-state index < -0.39 is 0 Å². The molecule has 1 aromatic heterocycles. The van der Waals surface area contributed by atoms with Crippen LogP contribution in [0.5, 0.6) is 17.2 Å². The molecule has 4 aromatic rings. The first-order valence-electron chi connectivity index (χ1n) is 13.1. The maximum absolute atomic E-state index is 12.4. The van der Waals surface area contributed by atoms with Gasteiger partial charge in [-0.2, -0.15) is 0 Å². The van der Waals surface area contributed by atoms with Crippen molar-refractivity contribution in [2.24, 2.45) is 0 Å². The average Bonchev–Trinajstić information content (AvgIpc) is 3.48. The summed E-state index contributed by atoms with van der Waals surface area (Å²) in [6, 6.07) is 19.6. The molecule has 1 aliphatic rings. The number of carbonyl (C=O) groups excluding carboxylic acids is 1. The third-order valence-corrected chi connectivity index (χ3v) is 6.83. The Labute approximate surface area is 228 Å². The molecule has 0 spiro atoms. The number of nitrogens with one attached hydrogen (secondary N) is 2. The quantitative estimate of drug-likeness (QED) is 0.227. The van der Waals surface area contributed by atoms with Crippen LogP contribution in [0.1, 0.15) is 24.8 Å². The largest absolute Gasteiger partial charge is 0.497 e. The number of aryl methyl sites for hydroxylation is 1. The van der Waals surface area contributed by atoms with Crippen LogP contribution in [0.25, 0.3) is 15.7 Å². The molecule has 0 radical (unpaired) electrons. The molecule has 1 aliphatic heterocycles. The van der Waals surface area contributed by atoms with Crippen molar-refractivity contribution < 1.29 is 14.3 Å². The topological polar surface area (TPSA) is 80.1 Å². The Morgan fingerprint density at radius 1 is 0.974 bits per heavy atom. The van der Waals surface area contributed by atoms with Crippen molar-refractivity contribution >= 4 is 34.0 Å². The van der Waals surface area contributed by atoms with E-state index in [1.165, 1.54) is 25.9 Å². The second kappa shape index (κ2) is 12.3. The van der Waals surface area contributed by atoms with E-state index in [0.29, 0.717) is 28.6 Å². The van der Waals surface area contributed by atoms with Gasteiger partial charge in [0, 0.05) is 23.0 Å². The van der Waals surface area contributed by atoms with E-state index in [4.69, 9.17) is 16.0 Å². The lowest BCUT2D eigenvalue weighted by atomic mass is 10.0. The lowest BCUT2D eigenvalue weighted by molar-refractivity contribution is 0.262. The van der Waals surface area contributed by atoms with E-state index in [0.717, 1.165) is 41.6 Å². The average molecular weight is 522 g/mol. The molecule has 0 saturated carbocycles. The lowest BCUT2D eigenvalue weighted by Gasteiger charge is -2.15. The summed E-state index contributed by atoms with van der Waals surface area (Å²) in [6.45, 7) is 11.2. The summed E-state index contributed by atoms with van der Waals surface area (Å²) in [7, 11) is 1.60. The maximum atomic E-state index is 12.4. The van der Waals surface area contributed by atoms with Crippen molar-refractivity contribution in [1.82, 2.24) is 9.88 Å². The van der Waals surface area contributed by atoms with E-state index in [1.807, 2.05) is 12.1 Å². The van der Waals surface area contributed by atoms with Gasteiger partial charge in [-0.15, -0.1) is 0 Å². The van der Waals surface area contributed by atoms with Gasteiger partial charge in [-0.05, 0) is 118 Å². The van der Waals surface area contributed by atoms with Crippen LogP contribution in [-0.2, 0) is 6.42 Å². The Morgan fingerprint density at radius 2 is 1.64 bits per heavy atom. The molecule has 8 nitrogen and oxygen atoms in total. The number of carbonyl (C=O) groups is 1. The highest BCUT2D eigenvalue weighted by atomic mass is 16.5. The van der Waals surface area contributed by atoms with Crippen molar-refractivity contribution in [2.45, 2.75) is 25.7 Å². The molecule has 5 rings (SSSR count). The number of ether oxygens (including phenoxy) is 2. The minimum absolute atomic E-state index is 0.350. The minimum Gasteiger partial charge on any atom is -0.497 e. The van der Waals surface area contributed by atoms with Crippen molar-refractivity contribution in [3.05, 3.63) is 89.9 Å². The van der Waals surface area contributed by atoms with Crippen molar-refractivity contribution in [3.63, 3.8) is 0 Å². The molecule has 39 heavy (non-hydrogen) atoms. The highest BCUT2D eigenvalue weighted by Crippen LogP contribution is 2.34. The van der Waals surface area contributed by atoms with Crippen LogP contribution in [-0.4, -0.2) is 42.7 Å². The van der Waals surface area contributed by atoms with Crippen LogP contribution < -0.4 is 20.1 Å². The van der Waals surface area contributed by atoms with E-state index >= 15 is 0 Å². The number of nitrogens with zero attached hydrogens (tertiary/aromatic N) is 3. The van der Waals surface area contributed by atoms with Crippen LogP contribution in [0.4, 0.5) is 21.9 Å². The fourth-order valence-electron chi connectivity index (χ4n) is 4.79. The first kappa shape index (κ1) is 26.0. The Morgan fingerprint density at radius 3 is 2.28 bits per heavy atom. The van der Waals surface area contributed by atoms with Crippen LogP contribution >= 0.6 is 0 Å². The third-order valence-electron chi connectivity index (χ3n) is 6.83. The first-order chi connectivity index (χ1) is 19.1. The molecule has 0 atom stereocenters. The number of fused-ring (bicyclic) bond motifs is 1. The number of hydrogen-bond acceptors (Lipinski definition) is 5. The number of hydrogen-bond donors (Lipinski definition) is 2. The van der Waals surface area contributed by atoms with Gasteiger partial charge in [-0.1, -0.05) is 0 Å². The fraction of sp³-hybridized carbons (Fsp3) is 0.258. The smallest absolute Gasteiger partial charge is 0.323 e. The van der Waals surface area contributed by atoms with Gasteiger partial charge in [0.15, 0.2) is 5.69 Å². The highest BCUT2D eigenvalue weighted by molar-refractivity contribution is 5.99. The molecule has 2 amide bonds. The molecule has 0 unspecified atom stereocenters. The maximum Gasteiger partial charge on any atom is 0.323 e. The van der Waals surface area contributed by atoms with Gasteiger partial charge in [-0.3, -0.25) is 4.98 Å². The summed E-state index contributed by atoms with van der Waals surface area (Å²) >= 11 is 0. The van der Waals surface area contributed by atoms with Gasteiger partial charge in [-0.25, -0.2) is 9.64 Å². The number of likely N-dealkylation sites (tertiary alicyclic amines) is 1. The second-order valence-corrected chi connectivity index (χ2v) is 9.51. The molecule has 0 bridgehead atoms. The third kappa shape index (κ3) is 6.64. The zero-order valence-corrected chi connectivity index (χ0v) is 21.9. The van der Waals surface area contributed by atoms with Crippen molar-refractivity contribution in [2.75, 3.05) is 37.4 Å². The Bertz CT molecular complexity index is 1470. The Hall–Kier alpha value is -4.61. The van der Waals surface area contributed by atoms with E-state index in [-0.39, 0.29) is 6.03 Å². The Balaban J connectivity index is 1.23. The van der Waals surface area contributed by atoms with Crippen LogP contribution in [0.15, 0.2) is 72.9 Å². The van der Waals surface area contributed by atoms with Crippen LogP contribution in [0.2, 0.25) is 0 Å². The number of amides is 2. The van der Waals surface area contributed by atoms with E-state index in [1.54, 1.807) is 67.9 Å². The molecule has 1 fully saturated rings. The molecule has 3 aromatic carbocycles. The van der Waals surface area contributed by atoms with Gasteiger partial charge < -0.3 is 25.0 Å². The predicted molar refractivity (Wildman–Crippen MR) is 154 cm³/mol. The highest BCUT2D eigenvalue weighted by Gasteiger charge is 2.14. The first-order valence-corrected chi connectivity index (χ1v) is 13.1. The molecule has 0 aliphatic carbocycles. The lowest BCUT2D eigenvalue weighted by Crippen LogP contribution is -2.20. The SMILES string of the molecule is [C-]#[N+]c1cc2c(Oc3ccc(NC(=O)Nc4ccc(OC)cc4)cc3)ccnc2cc1CCCN1CCCC1. The van der Waals surface area contributed by atoms with Crippen molar-refractivity contribution in [1.29, 1.82) is 0 Å². The Kier molecular flexibility index (Phi) is 8.20. The van der Waals surface area contributed by atoms with E-state index in [9.17, 15) is 4.79 Å². The number of benzene rings is 3. The second-order valence-electron chi connectivity index (χ2n) is 9.51. The molecular formula is C31H31N5O3. The van der Waals surface area contributed by atoms with Crippen LogP contribution in [0.3, 0.4) is 0 Å². The number of aromatic nitrogens is 1. The summed E-state index contributed by atoms with van der Waals surface area (Å²) in [5.41, 5.74) is 3.77. The summed E-state index contributed by atoms with van der Waals surface area (Å²) in [4.78, 5) is 23.2. The van der Waals surface area contributed by atoms with Gasteiger partial charge in [0.25, 0.3) is 0 Å². The molecule has 1 saturated heterocycles. The van der Waals surface area contributed by atoms with Gasteiger partial charge >= 0.3 is 6.03 Å². The van der Waals surface area contributed by atoms with E-state index in [2.05, 4.69) is 25.4 Å². The zero-order valence-electron chi connectivity index (χ0n) is 21.9. The number of urea groups is 1. The number of anilines is 2. The number of methoxy groups -OCH3 is 1. The zero-order chi connectivity index (χ0) is 27.0. The molecular weight excluding hydrogens is 490 g/mol.